The Bertz CT molecular complexity index is 621. The lowest BCUT2D eigenvalue weighted by Crippen LogP contribution is -2.19. The molecule has 1 heterocycles. The molecule has 0 spiro atoms. The standard InChI is InChI=1S/C14H13NOS/c1-15-12-7-6-9(8-16-2)10-4-3-5-11(13(10)12)14(15)17/h3-7H,8H2,1-2H3. The van der Waals surface area contributed by atoms with Crippen LogP contribution in [0.3, 0.4) is 0 Å². The van der Waals surface area contributed by atoms with Crippen LogP contribution in [0.1, 0.15) is 11.1 Å². The topological polar surface area (TPSA) is 12.5 Å². The number of methoxy groups -OCH3 is 1. The van der Waals surface area contributed by atoms with Gasteiger partial charge in [0.25, 0.3) is 0 Å². The minimum absolute atomic E-state index is 0.636. The second-order valence-electron chi connectivity index (χ2n) is 4.27. The fourth-order valence-corrected chi connectivity index (χ4v) is 2.75. The molecule has 0 bridgehead atoms. The summed E-state index contributed by atoms with van der Waals surface area (Å²) >= 11 is 5.46. The average Bonchev–Trinajstić information content (AvgIpc) is 2.60. The van der Waals surface area contributed by atoms with Crippen molar-refractivity contribution < 1.29 is 4.74 Å². The van der Waals surface area contributed by atoms with Crippen LogP contribution in [0.15, 0.2) is 30.3 Å². The molecule has 0 aliphatic carbocycles. The van der Waals surface area contributed by atoms with Gasteiger partial charge in [0.1, 0.15) is 4.99 Å². The first kappa shape index (κ1) is 10.7. The monoisotopic (exact) mass is 243 g/mol. The first-order valence-corrected chi connectivity index (χ1v) is 5.96. The normalized spacial score (nSPS) is 13.8. The van der Waals surface area contributed by atoms with Crippen molar-refractivity contribution in [1.82, 2.24) is 0 Å². The van der Waals surface area contributed by atoms with Gasteiger partial charge in [-0.05, 0) is 17.0 Å². The maximum absolute atomic E-state index is 5.46. The lowest BCUT2D eigenvalue weighted by atomic mass is 10.0. The van der Waals surface area contributed by atoms with Crippen molar-refractivity contribution in [3.05, 3.63) is 41.5 Å². The van der Waals surface area contributed by atoms with Gasteiger partial charge in [-0.2, -0.15) is 0 Å². The summed E-state index contributed by atoms with van der Waals surface area (Å²) in [6.07, 6.45) is 0. The third-order valence-electron chi connectivity index (χ3n) is 3.31. The Labute approximate surface area is 106 Å². The summed E-state index contributed by atoms with van der Waals surface area (Å²) < 4.78 is 5.24. The van der Waals surface area contributed by atoms with E-state index in [1.807, 2.05) is 7.05 Å². The van der Waals surface area contributed by atoms with Crippen LogP contribution in [0.5, 0.6) is 0 Å². The summed E-state index contributed by atoms with van der Waals surface area (Å²) in [5.74, 6) is 0. The van der Waals surface area contributed by atoms with Gasteiger partial charge in [-0.15, -0.1) is 0 Å². The number of benzene rings is 2. The third kappa shape index (κ3) is 1.39. The van der Waals surface area contributed by atoms with Gasteiger partial charge in [0.05, 0.1) is 12.3 Å². The van der Waals surface area contributed by atoms with Crippen molar-refractivity contribution >= 4 is 33.7 Å². The van der Waals surface area contributed by atoms with Crippen molar-refractivity contribution in [1.29, 1.82) is 0 Å². The summed E-state index contributed by atoms with van der Waals surface area (Å²) in [5.41, 5.74) is 3.57. The first-order chi connectivity index (χ1) is 8.24. The molecule has 0 amide bonds. The molecule has 0 saturated heterocycles. The molecule has 0 saturated carbocycles. The minimum atomic E-state index is 0.636. The molecule has 3 rings (SSSR count). The van der Waals surface area contributed by atoms with E-state index in [1.165, 1.54) is 22.0 Å². The molecule has 2 aromatic rings. The van der Waals surface area contributed by atoms with Crippen molar-refractivity contribution in [2.24, 2.45) is 0 Å². The van der Waals surface area contributed by atoms with Crippen molar-refractivity contribution in [3.8, 4) is 0 Å². The molecule has 0 N–H and O–H groups in total. The smallest absolute Gasteiger partial charge is 0.114 e. The molecular formula is C14H13NOS. The lowest BCUT2D eigenvalue weighted by molar-refractivity contribution is 0.186. The number of anilines is 1. The van der Waals surface area contributed by atoms with E-state index < -0.39 is 0 Å². The van der Waals surface area contributed by atoms with Gasteiger partial charge in [-0.3, -0.25) is 0 Å². The first-order valence-electron chi connectivity index (χ1n) is 5.55. The summed E-state index contributed by atoms with van der Waals surface area (Å²) in [6, 6.07) is 10.5. The van der Waals surface area contributed by atoms with Gasteiger partial charge >= 0.3 is 0 Å². The van der Waals surface area contributed by atoms with Crippen LogP contribution in [-0.4, -0.2) is 19.1 Å². The van der Waals surface area contributed by atoms with E-state index in [1.54, 1.807) is 7.11 Å². The predicted octanol–water partition coefficient (Wildman–Crippen LogP) is 3.11. The third-order valence-corrected chi connectivity index (χ3v) is 3.80. The maximum atomic E-state index is 5.46. The molecule has 0 aromatic heterocycles. The van der Waals surface area contributed by atoms with Gasteiger partial charge < -0.3 is 9.64 Å². The highest BCUT2D eigenvalue weighted by Gasteiger charge is 2.24. The molecule has 0 atom stereocenters. The SMILES string of the molecule is COCc1ccc2c3c(cccc13)C(=S)N2C. The van der Waals surface area contributed by atoms with E-state index >= 15 is 0 Å². The highest BCUT2D eigenvalue weighted by Crippen LogP contribution is 2.38. The van der Waals surface area contributed by atoms with Gasteiger partial charge in [0.15, 0.2) is 0 Å². The van der Waals surface area contributed by atoms with E-state index in [0.29, 0.717) is 6.61 Å². The molecule has 0 radical (unpaired) electrons. The van der Waals surface area contributed by atoms with Crippen LogP contribution >= 0.6 is 12.2 Å². The van der Waals surface area contributed by atoms with E-state index in [-0.39, 0.29) is 0 Å². The van der Waals surface area contributed by atoms with Crippen LogP contribution < -0.4 is 4.90 Å². The van der Waals surface area contributed by atoms with Crippen LogP contribution in [0.25, 0.3) is 10.8 Å². The Morgan fingerprint density at radius 3 is 2.82 bits per heavy atom. The van der Waals surface area contributed by atoms with Crippen molar-refractivity contribution in [3.63, 3.8) is 0 Å². The molecule has 17 heavy (non-hydrogen) atoms. The molecule has 0 fully saturated rings. The van der Waals surface area contributed by atoms with Crippen LogP contribution in [0.2, 0.25) is 0 Å². The molecule has 1 aliphatic heterocycles. The largest absolute Gasteiger partial charge is 0.380 e. The zero-order valence-corrected chi connectivity index (χ0v) is 10.7. The molecule has 2 aromatic carbocycles. The van der Waals surface area contributed by atoms with Crippen LogP contribution in [0, 0.1) is 0 Å². The Kier molecular flexibility index (Phi) is 2.38. The van der Waals surface area contributed by atoms with E-state index in [9.17, 15) is 0 Å². The quantitative estimate of drug-likeness (QED) is 0.752. The van der Waals surface area contributed by atoms with Crippen LogP contribution in [-0.2, 0) is 11.3 Å². The summed E-state index contributed by atoms with van der Waals surface area (Å²) in [5, 5.41) is 2.50. The minimum Gasteiger partial charge on any atom is -0.380 e. The summed E-state index contributed by atoms with van der Waals surface area (Å²) in [4.78, 5) is 2.98. The number of hydrogen-bond acceptors (Lipinski definition) is 2. The van der Waals surface area contributed by atoms with Gasteiger partial charge in [0, 0.05) is 25.1 Å². The fourth-order valence-electron chi connectivity index (χ4n) is 2.48. The Hall–Kier alpha value is -1.45. The highest BCUT2D eigenvalue weighted by atomic mass is 32.1. The number of nitrogens with zero attached hydrogens (tertiary/aromatic N) is 1. The van der Waals surface area contributed by atoms with Gasteiger partial charge in [-0.1, -0.05) is 36.5 Å². The Balaban J connectivity index is 2.38. The maximum Gasteiger partial charge on any atom is 0.114 e. The molecular weight excluding hydrogens is 230 g/mol. The Morgan fingerprint density at radius 2 is 2.06 bits per heavy atom. The zero-order chi connectivity index (χ0) is 12.0. The molecule has 2 nitrogen and oxygen atoms in total. The molecule has 0 unspecified atom stereocenters. The van der Waals surface area contributed by atoms with E-state index in [2.05, 4.69) is 35.2 Å². The second kappa shape index (κ2) is 3.79. The molecule has 3 heteroatoms. The zero-order valence-electron chi connectivity index (χ0n) is 9.86. The molecule has 1 aliphatic rings. The van der Waals surface area contributed by atoms with Crippen molar-refractivity contribution in [2.45, 2.75) is 6.61 Å². The lowest BCUT2D eigenvalue weighted by Gasteiger charge is -2.13. The number of thiocarbonyl (C=S) groups is 1. The average molecular weight is 243 g/mol. The predicted molar refractivity (Wildman–Crippen MR) is 74.8 cm³/mol. The number of rotatable bonds is 2. The summed E-state index contributed by atoms with van der Waals surface area (Å²) in [7, 11) is 3.74. The second-order valence-corrected chi connectivity index (χ2v) is 4.66. The Morgan fingerprint density at radius 1 is 1.24 bits per heavy atom. The number of ether oxygens (including phenoxy) is 1. The molecule has 86 valence electrons. The summed E-state index contributed by atoms with van der Waals surface area (Å²) in [6.45, 7) is 0.636. The van der Waals surface area contributed by atoms with Gasteiger partial charge in [-0.25, -0.2) is 0 Å². The van der Waals surface area contributed by atoms with Crippen molar-refractivity contribution in [2.75, 3.05) is 19.1 Å². The highest BCUT2D eigenvalue weighted by molar-refractivity contribution is 7.81. The van der Waals surface area contributed by atoms with Gasteiger partial charge in [0.2, 0.25) is 0 Å². The fraction of sp³-hybridized carbons (Fsp3) is 0.214. The van der Waals surface area contributed by atoms with E-state index in [4.69, 9.17) is 17.0 Å². The van der Waals surface area contributed by atoms with Crippen LogP contribution in [0.4, 0.5) is 5.69 Å². The van der Waals surface area contributed by atoms with E-state index in [0.717, 1.165) is 10.6 Å². The number of hydrogen-bond donors (Lipinski definition) is 0.